The zero-order valence-corrected chi connectivity index (χ0v) is 12.0. The fraction of sp³-hybridized carbons (Fsp3) is 0.308. The summed E-state index contributed by atoms with van der Waals surface area (Å²) < 4.78 is 4.93. The number of imidazole rings is 1. The molecule has 0 saturated heterocycles. The highest BCUT2D eigenvalue weighted by atomic mass is 16.5. The number of benzene rings is 1. The van der Waals surface area contributed by atoms with Crippen molar-refractivity contribution < 1.29 is 14.3 Å². The number of ether oxygens (including phenoxy) is 1. The molecular formula is C13H14N6O3. The Morgan fingerprint density at radius 3 is 2.95 bits per heavy atom. The van der Waals surface area contributed by atoms with E-state index in [1.165, 1.54) is 0 Å². The first kappa shape index (κ1) is 15.3. The Morgan fingerprint density at radius 2 is 2.27 bits per heavy atom. The second kappa shape index (κ2) is 6.59. The number of nitrogens with one attached hydrogen (secondary N) is 2. The number of amides is 1. The highest BCUT2D eigenvalue weighted by molar-refractivity contribution is 6.05. The molecule has 22 heavy (non-hydrogen) atoms. The quantitative estimate of drug-likeness (QED) is 0.379. The Kier molecular flexibility index (Phi) is 4.60. The number of aromatic nitrogens is 2. The number of carbonyl (C=O) groups excluding carboxylic acids is 2. The Hall–Kier alpha value is -3.06. The van der Waals surface area contributed by atoms with Gasteiger partial charge in [-0.15, -0.1) is 0 Å². The third kappa shape index (κ3) is 3.53. The summed E-state index contributed by atoms with van der Waals surface area (Å²) in [5.41, 5.74) is 9.59. The smallest absolute Gasteiger partial charge is 0.325 e. The number of azide groups is 1. The molecule has 0 radical (unpaired) electrons. The molecule has 1 aromatic heterocycles. The highest BCUT2D eigenvalue weighted by Gasteiger charge is 2.15. The standard InChI is InChI=1S/C13H14N6O3/c1-7(2)22-10(20)6-15-12(21)8-4-3-5-9-11(8)17-13(16-9)18-19-14/h3-5,7H,6H2,1-2H3,(H,15,21)(H,16,17). The molecule has 0 fully saturated rings. The van der Waals surface area contributed by atoms with Gasteiger partial charge in [0.2, 0.25) is 0 Å². The summed E-state index contributed by atoms with van der Waals surface area (Å²) >= 11 is 0. The van der Waals surface area contributed by atoms with Crippen LogP contribution in [0.25, 0.3) is 21.5 Å². The molecule has 1 amide bonds. The predicted octanol–water partition coefficient (Wildman–Crippen LogP) is 2.19. The van der Waals surface area contributed by atoms with Crippen LogP contribution >= 0.6 is 0 Å². The van der Waals surface area contributed by atoms with Gasteiger partial charge in [-0.05, 0) is 36.6 Å². The minimum Gasteiger partial charge on any atom is -0.462 e. The molecule has 0 unspecified atom stereocenters. The molecule has 2 aromatic rings. The molecule has 2 rings (SSSR count). The monoisotopic (exact) mass is 302 g/mol. The molecule has 1 heterocycles. The first-order valence-corrected chi connectivity index (χ1v) is 6.52. The van der Waals surface area contributed by atoms with E-state index in [0.717, 1.165) is 0 Å². The number of hydrogen-bond donors (Lipinski definition) is 2. The van der Waals surface area contributed by atoms with Crippen molar-refractivity contribution in [2.24, 2.45) is 5.11 Å². The van der Waals surface area contributed by atoms with E-state index in [1.807, 2.05) is 0 Å². The lowest BCUT2D eigenvalue weighted by molar-refractivity contribution is -0.146. The van der Waals surface area contributed by atoms with Gasteiger partial charge in [0.1, 0.15) is 12.1 Å². The second-order valence-electron chi connectivity index (χ2n) is 4.67. The summed E-state index contributed by atoms with van der Waals surface area (Å²) in [6, 6.07) is 4.91. The first-order chi connectivity index (χ1) is 10.5. The maximum atomic E-state index is 12.1. The summed E-state index contributed by atoms with van der Waals surface area (Å²) in [6.45, 7) is 3.21. The Labute approximate surface area is 125 Å². The van der Waals surface area contributed by atoms with E-state index in [4.69, 9.17) is 10.3 Å². The Morgan fingerprint density at radius 1 is 1.50 bits per heavy atom. The van der Waals surface area contributed by atoms with Crippen molar-refractivity contribution in [3.63, 3.8) is 0 Å². The van der Waals surface area contributed by atoms with E-state index in [1.54, 1.807) is 32.0 Å². The third-order valence-corrected chi connectivity index (χ3v) is 2.64. The van der Waals surface area contributed by atoms with Crippen molar-refractivity contribution in [2.75, 3.05) is 6.54 Å². The number of fused-ring (bicyclic) bond motifs is 1. The number of carbonyl (C=O) groups is 2. The van der Waals surface area contributed by atoms with Gasteiger partial charge in [-0.25, -0.2) is 4.98 Å². The van der Waals surface area contributed by atoms with Crippen molar-refractivity contribution >= 4 is 28.9 Å². The van der Waals surface area contributed by atoms with Gasteiger partial charge in [-0.3, -0.25) is 9.59 Å². The molecule has 2 N–H and O–H groups in total. The van der Waals surface area contributed by atoms with Crippen molar-refractivity contribution in [3.8, 4) is 0 Å². The van der Waals surface area contributed by atoms with Gasteiger partial charge in [0.15, 0.2) is 5.95 Å². The molecule has 9 heteroatoms. The van der Waals surface area contributed by atoms with Crippen molar-refractivity contribution in [1.29, 1.82) is 0 Å². The van der Waals surface area contributed by atoms with Crippen LogP contribution in [0, 0.1) is 0 Å². The fourth-order valence-corrected chi connectivity index (χ4v) is 1.84. The van der Waals surface area contributed by atoms with E-state index >= 15 is 0 Å². The molecule has 114 valence electrons. The SMILES string of the molecule is CC(C)OC(=O)CNC(=O)c1cccc2[nH]c(N=[N+]=[N-])nc12. The van der Waals surface area contributed by atoms with Gasteiger partial charge < -0.3 is 15.0 Å². The van der Waals surface area contributed by atoms with Crippen LogP contribution in [0.5, 0.6) is 0 Å². The summed E-state index contributed by atoms with van der Waals surface area (Å²) in [5, 5.41) is 5.83. The maximum absolute atomic E-state index is 12.1. The Balaban J connectivity index is 2.17. The summed E-state index contributed by atoms with van der Waals surface area (Å²) in [5.74, 6) is -0.922. The molecule has 0 aliphatic rings. The average Bonchev–Trinajstić information content (AvgIpc) is 2.86. The highest BCUT2D eigenvalue weighted by Crippen LogP contribution is 2.20. The second-order valence-corrected chi connectivity index (χ2v) is 4.67. The summed E-state index contributed by atoms with van der Waals surface area (Å²) in [7, 11) is 0. The number of hydrogen-bond acceptors (Lipinski definition) is 5. The number of H-pyrrole nitrogens is 1. The van der Waals surface area contributed by atoms with Crippen molar-refractivity contribution in [3.05, 3.63) is 34.2 Å². The van der Waals surface area contributed by atoms with Crippen LogP contribution in [0.15, 0.2) is 23.3 Å². The lowest BCUT2D eigenvalue weighted by atomic mass is 10.1. The molecule has 0 spiro atoms. The summed E-state index contributed by atoms with van der Waals surface area (Å²) in [4.78, 5) is 33.0. The van der Waals surface area contributed by atoms with Gasteiger partial charge in [0.05, 0.1) is 17.2 Å². The topological polar surface area (TPSA) is 133 Å². The van der Waals surface area contributed by atoms with E-state index in [2.05, 4.69) is 25.3 Å². The van der Waals surface area contributed by atoms with Crippen LogP contribution in [0.1, 0.15) is 24.2 Å². The zero-order chi connectivity index (χ0) is 16.1. The van der Waals surface area contributed by atoms with E-state index in [-0.39, 0.29) is 24.2 Å². The first-order valence-electron chi connectivity index (χ1n) is 6.52. The molecule has 0 aliphatic heterocycles. The zero-order valence-electron chi connectivity index (χ0n) is 12.0. The largest absolute Gasteiger partial charge is 0.462 e. The van der Waals surface area contributed by atoms with Crippen molar-refractivity contribution in [1.82, 2.24) is 15.3 Å². The lowest BCUT2D eigenvalue weighted by Gasteiger charge is -2.09. The molecule has 0 saturated carbocycles. The van der Waals surface area contributed by atoms with Gasteiger partial charge in [0.25, 0.3) is 5.91 Å². The summed E-state index contributed by atoms with van der Waals surface area (Å²) in [6.07, 6.45) is -0.245. The fourth-order valence-electron chi connectivity index (χ4n) is 1.84. The average molecular weight is 302 g/mol. The molecule has 0 atom stereocenters. The minimum atomic E-state index is -0.521. The van der Waals surface area contributed by atoms with E-state index in [0.29, 0.717) is 11.0 Å². The van der Waals surface area contributed by atoms with Crippen LogP contribution in [0.3, 0.4) is 0 Å². The van der Waals surface area contributed by atoms with Crippen LogP contribution in [-0.4, -0.2) is 34.5 Å². The molecule has 0 bridgehead atoms. The van der Waals surface area contributed by atoms with E-state index in [9.17, 15) is 9.59 Å². The lowest BCUT2D eigenvalue weighted by Crippen LogP contribution is -2.31. The number of nitrogens with zero attached hydrogens (tertiary/aromatic N) is 4. The minimum absolute atomic E-state index is 0.0666. The Bertz CT molecular complexity index is 760. The molecule has 9 nitrogen and oxygen atoms in total. The number of para-hydroxylation sites is 1. The van der Waals surface area contributed by atoms with Gasteiger partial charge >= 0.3 is 5.97 Å². The number of rotatable bonds is 5. The van der Waals surface area contributed by atoms with Gasteiger partial charge in [-0.1, -0.05) is 6.07 Å². The normalized spacial score (nSPS) is 10.3. The maximum Gasteiger partial charge on any atom is 0.325 e. The van der Waals surface area contributed by atoms with E-state index < -0.39 is 11.9 Å². The van der Waals surface area contributed by atoms with Crippen molar-refractivity contribution in [2.45, 2.75) is 20.0 Å². The molecule has 0 aliphatic carbocycles. The third-order valence-electron chi connectivity index (χ3n) is 2.64. The van der Waals surface area contributed by atoms with Crippen LogP contribution in [-0.2, 0) is 9.53 Å². The predicted molar refractivity (Wildman–Crippen MR) is 78.5 cm³/mol. The van der Waals surface area contributed by atoms with Crippen LogP contribution in [0.4, 0.5) is 5.95 Å². The van der Waals surface area contributed by atoms with Gasteiger partial charge in [0, 0.05) is 4.91 Å². The van der Waals surface area contributed by atoms with Crippen LogP contribution in [0.2, 0.25) is 0 Å². The molecular weight excluding hydrogens is 288 g/mol. The van der Waals surface area contributed by atoms with Gasteiger partial charge in [-0.2, -0.15) is 0 Å². The van der Waals surface area contributed by atoms with Crippen LogP contribution < -0.4 is 5.32 Å². The molecule has 1 aromatic carbocycles. The number of esters is 1. The number of aromatic amines is 1.